The highest BCUT2D eigenvalue weighted by Gasteiger charge is 2.35. The largest absolute Gasteiger partial charge is 0.381 e. The zero-order chi connectivity index (χ0) is 24.6. The number of ketones is 1. The molecular formula is C25H34N4O4S. The van der Waals surface area contributed by atoms with E-state index in [2.05, 4.69) is 20.7 Å². The first-order chi connectivity index (χ1) is 16.2. The molecule has 2 aliphatic rings. The number of hydrogen-bond acceptors (Lipinski definition) is 6. The van der Waals surface area contributed by atoms with Gasteiger partial charge < -0.3 is 15.0 Å². The molecule has 0 saturated carbocycles. The minimum Gasteiger partial charge on any atom is -0.381 e. The van der Waals surface area contributed by atoms with E-state index in [-0.39, 0.29) is 17.2 Å². The first-order valence-corrected chi connectivity index (χ1v) is 12.6. The number of carbonyl (C=O) groups excluding carboxylic acids is 3. The summed E-state index contributed by atoms with van der Waals surface area (Å²) in [5.41, 5.74) is 3.40. The number of nitrogens with one attached hydrogen (secondary N) is 2. The topological polar surface area (TPSA) is 100 Å². The summed E-state index contributed by atoms with van der Waals surface area (Å²) in [6, 6.07) is 9.10. The third-order valence-corrected chi connectivity index (χ3v) is 6.60. The Labute approximate surface area is 205 Å². The molecule has 34 heavy (non-hydrogen) atoms. The Balaban J connectivity index is 1.65. The molecule has 2 aliphatic heterocycles. The number of thioether (sulfide) groups is 1. The van der Waals surface area contributed by atoms with Crippen LogP contribution in [0.3, 0.4) is 0 Å². The van der Waals surface area contributed by atoms with E-state index in [1.165, 1.54) is 17.8 Å². The first kappa shape index (κ1) is 26.0. The Hall–Kier alpha value is -2.65. The van der Waals surface area contributed by atoms with Crippen molar-refractivity contribution in [1.82, 2.24) is 15.6 Å². The zero-order valence-corrected chi connectivity index (χ0v) is 20.9. The second kappa shape index (κ2) is 12.2. The number of hydrogen-bond donors (Lipinski definition) is 2. The predicted octanol–water partition coefficient (Wildman–Crippen LogP) is 2.71. The highest BCUT2D eigenvalue weighted by atomic mass is 32.2. The molecular weight excluding hydrogens is 452 g/mol. The molecule has 2 heterocycles. The molecule has 1 atom stereocenters. The second-order valence-corrected chi connectivity index (χ2v) is 10.7. The maximum absolute atomic E-state index is 13.1. The van der Waals surface area contributed by atoms with Crippen LogP contribution in [-0.4, -0.2) is 59.2 Å². The van der Waals surface area contributed by atoms with Gasteiger partial charge in [-0.15, -0.1) is 5.10 Å². The molecule has 2 amide bonds. The number of ether oxygens (including phenoxy) is 1. The minimum absolute atomic E-state index is 0.165. The summed E-state index contributed by atoms with van der Waals surface area (Å²) in [5.74, 6) is -1.21. The molecule has 8 nitrogen and oxygen atoms in total. The normalized spacial score (nSPS) is 19.4. The Morgan fingerprint density at radius 1 is 1.21 bits per heavy atom. The lowest BCUT2D eigenvalue weighted by atomic mass is 9.88. The third kappa shape index (κ3) is 7.99. The predicted molar refractivity (Wildman–Crippen MR) is 134 cm³/mol. The summed E-state index contributed by atoms with van der Waals surface area (Å²) in [4.78, 5) is 40.4. The van der Waals surface area contributed by atoms with Gasteiger partial charge in [0.15, 0.2) is 5.17 Å². The molecule has 1 unspecified atom stereocenters. The van der Waals surface area contributed by atoms with E-state index in [0.29, 0.717) is 37.8 Å². The van der Waals surface area contributed by atoms with E-state index in [4.69, 9.17) is 4.74 Å². The van der Waals surface area contributed by atoms with E-state index < -0.39 is 17.7 Å². The molecule has 2 N–H and O–H groups in total. The van der Waals surface area contributed by atoms with Crippen LogP contribution < -0.4 is 10.7 Å². The number of amidine groups is 1. The number of carbonyl (C=O) groups is 3. The summed E-state index contributed by atoms with van der Waals surface area (Å²) < 4.78 is 5.39. The van der Waals surface area contributed by atoms with Crippen molar-refractivity contribution in [2.75, 3.05) is 25.5 Å². The first-order valence-electron chi connectivity index (χ1n) is 11.6. The maximum atomic E-state index is 13.1. The fourth-order valence-corrected chi connectivity index (χ4v) is 4.70. The number of rotatable bonds is 8. The molecule has 0 radical (unpaired) electrons. The molecule has 0 aromatic heterocycles. The van der Waals surface area contributed by atoms with Gasteiger partial charge in [-0.1, -0.05) is 68.9 Å². The van der Waals surface area contributed by atoms with E-state index in [1.807, 2.05) is 51.1 Å². The lowest BCUT2D eigenvalue weighted by Crippen LogP contribution is -2.51. The molecule has 0 spiro atoms. The SMILES string of the molecule is CC(C)(C)C=CC(=O)NC(C(=O)C(=O)NN=C1SCCN1Cc1ccccc1)C1CCOCC1. The van der Waals surface area contributed by atoms with Crippen LogP contribution in [0.1, 0.15) is 39.2 Å². The van der Waals surface area contributed by atoms with Crippen molar-refractivity contribution in [3.63, 3.8) is 0 Å². The summed E-state index contributed by atoms with van der Waals surface area (Å²) in [6.07, 6.45) is 4.40. The quantitative estimate of drug-likeness (QED) is 0.333. The van der Waals surface area contributed by atoms with Crippen LogP contribution in [0.5, 0.6) is 0 Å². The molecule has 2 fully saturated rings. The molecule has 9 heteroatoms. The molecule has 0 aliphatic carbocycles. The summed E-state index contributed by atoms with van der Waals surface area (Å²) in [6.45, 7) is 8.42. The van der Waals surface area contributed by atoms with E-state index in [0.717, 1.165) is 17.9 Å². The van der Waals surface area contributed by atoms with Gasteiger partial charge in [0.25, 0.3) is 0 Å². The Bertz CT molecular complexity index is 921. The van der Waals surface area contributed by atoms with Gasteiger partial charge in [-0.05, 0) is 35.8 Å². The van der Waals surface area contributed by atoms with Crippen LogP contribution in [-0.2, 0) is 25.7 Å². The third-order valence-electron chi connectivity index (χ3n) is 5.61. The van der Waals surface area contributed by atoms with Gasteiger partial charge in [0.05, 0.1) is 0 Å². The number of amides is 2. The summed E-state index contributed by atoms with van der Waals surface area (Å²) in [7, 11) is 0. The van der Waals surface area contributed by atoms with E-state index >= 15 is 0 Å². The van der Waals surface area contributed by atoms with Crippen molar-refractivity contribution in [1.29, 1.82) is 0 Å². The van der Waals surface area contributed by atoms with Crippen LogP contribution in [0.2, 0.25) is 0 Å². The van der Waals surface area contributed by atoms with Crippen LogP contribution >= 0.6 is 11.8 Å². The molecule has 1 aromatic rings. The maximum Gasteiger partial charge on any atom is 0.309 e. The molecule has 184 valence electrons. The van der Waals surface area contributed by atoms with Gasteiger partial charge in [-0.2, -0.15) is 0 Å². The van der Waals surface area contributed by atoms with Crippen LogP contribution in [0.4, 0.5) is 0 Å². The molecule has 0 bridgehead atoms. The van der Waals surface area contributed by atoms with Crippen molar-refractivity contribution in [3.05, 3.63) is 48.0 Å². The molecule has 3 rings (SSSR count). The standard InChI is InChI=1S/C25H34N4O4S/c1-25(2,3)12-9-20(30)26-21(19-10-14-33-15-11-19)22(31)23(32)27-28-24-29(13-16-34-24)17-18-7-5-4-6-8-18/h4-9,12,19,21H,10-11,13-17H2,1-3H3,(H,26,30)(H,27,32). The summed E-state index contributed by atoms with van der Waals surface area (Å²) >= 11 is 1.53. The Kier molecular flexibility index (Phi) is 9.29. The number of benzene rings is 1. The smallest absolute Gasteiger partial charge is 0.309 e. The van der Waals surface area contributed by atoms with Gasteiger partial charge in [0, 0.05) is 32.1 Å². The Morgan fingerprint density at radius 3 is 2.59 bits per heavy atom. The van der Waals surface area contributed by atoms with Gasteiger partial charge in [0.2, 0.25) is 11.7 Å². The monoisotopic (exact) mass is 486 g/mol. The van der Waals surface area contributed by atoms with Gasteiger partial charge in [0.1, 0.15) is 6.04 Å². The number of hydrazone groups is 1. The van der Waals surface area contributed by atoms with Crippen molar-refractivity contribution in [2.45, 2.75) is 46.2 Å². The fraction of sp³-hybridized carbons (Fsp3) is 0.520. The second-order valence-electron chi connectivity index (χ2n) is 9.59. The highest BCUT2D eigenvalue weighted by molar-refractivity contribution is 8.14. The minimum atomic E-state index is -0.919. The van der Waals surface area contributed by atoms with Crippen LogP contribution in [0.15, 0.2) is 47.6 Å². The number of allylic oxidation sites excluding steroid dienone is 1. The molecule has 2 saturated heterocycles. The van der Waals surface area contributed by atoms with Crippen molar-refractivity contribution in [2.24, 2.45) is 16.4 Å². The van der Waals surface area contributed by atoms with Gasteiger partial charge >= 0.3 is 5.91 Å². The lowest BCUT2D eigenvalue weighted by molar-refractivity contribution is -0.141. The zero-order valence-electron chi connectivity index (χ0n) is 20.1. The van der Waals surface area contributed by atoms with Crippen LogP contribution in [0, 0.1) is 11.3 Å². The lowest BCUT2D eigenvalue weighted by Gasteiger charge is -2.29. The average molecular weight is 487 g/mol. The van der Waals surface area contributed by atoms with Crippen molar-refractivity contribution < 1.29 is 19.1 Å². The summed E-state index contributed by atoms with van der Waals surface area (Å²) in [5, 5.41) is 7.66. The van der Waals surface area contributed by atoms with Crippen molar-refractivity contribution >= 4 is 34.5 Å². The average Bonchev–Trinajstić information content (AvgIpc) is 3.26. The molecule has 1 aromatic carbocycles. The van der Waals surface area contributed by atoms with E-state index in [9.17, 15) is 14.4 Å². The number of nitrogens with zero attached hydrogens (tertiary/aromatic N) is 2. The van der Waals surface area contributed by atoms with E-state index in [1.54, 1.807) is 6.08 Å². The highest BCUT2D eigenvalue weighted by Crippen LogP contribution is 2.22. The van der Waals surface area contributed by atoms with Crippen LogP contribution in [0.25, 0.3) is 0 Å². The number of Topliss-reactive ketones (excluding diaryl/α,β-unsaturated/α-hetero) is 1. The van der Waals surface area contributed by atoms with Gasteiger partial charge in [-0.3, -0.25) is 14.4 Å². The fourth-order valence-electron chi connectivity index (χ4n) is 3.76. The van der Waals surface area contributed by atoms with Crippen molar-refractivity contribution in [3.8, 4) is 0 Å². The van der Waals surface area contributed by atoms with Gasteiger partial charge in [-0.25, -0.2) is 5.43 Å². The Morgan fingerprint density at radius 2 is 1.91 bits per heavy atom.